The number of carbonyl (C=O) groups excluding carboxylic acids is 1. The summed E-state index contributed by atoms with van der Waals surface area (Å²) in [7, 11) is 0. The number of halogens is 3. The number of anilines is 1. The van der Waals surface area contributed by atoms with E-state index in [9.17, 15) is 18.0 Å². The van der Waals surface area contributed by atoms with Gasteiger partial charge in [-0.2, -0.15) is 0 Å². The fourth-order valence-corrected chi connectivity index (χ4v) is 5.00. The summed E-state index contributed by atoms with van der Waals surface area (Å²) in [5.41, 5.74) is 0.959. The number of amides is 1. The molecule has 2 aliphatic heterocycles. The van der Waals surface area contributed by atoms with Gasteiger partial charge in [0, 0.05) is 64.0 Å². The third-order valence-electron chi connectivity index (χ3n) is 7.31. The first-order valence-corrected chi connectivity index (χ1v) is 12.5. The number of rotatable bonds is 6. The minimum Gasteiger partial charge on any atom is -0.406 e. The fraction of sp³-hybridized carbons (Fsp3) is 0.560. The van der Waals surface area contributed by atoms with Gasteiger partial charge in [0.25, 0.3) is 0 Å². The maximum Gasteiger partial charge on any atom is 0.573 e. The van der Waals surface area contributed by atoms with Gasteiger partial charge in [-0.05, 0) is 25.0 Å². The van der Waals surface area contributed by atoms with Gasteiger partial charge in [-0.3, -0.25) is 19.6 Å². The van der Waals surface area contributed by atoms with Crippen molar-refractivity contribution < 1.29 is 22.7 Å². The van der Waals surface area contributed by atoms with Crippen molar-refractivity contribution in [3.63, 3.8) is 0 Å². The van der Waals surface area contributed by atoms with Crippen LogP contribution in [0.4, 0.5) is 19.0 Å². The highest BCUT2D eigenvalue weighted by Crippen LogP contribution is 2.28. The molecule has 1 amide bonds. The van der Waals surface area contributed by atoms with Crippen LogP contribution in [0.5, 0.6) is 5.75 Å². The van der Waals surface area contributed by atoms with Crippen molar-refractivity contribution in [2.45, 2.75) is 31.7 Å². The molecule has 1 aromatic carbocycles. The zero-order valence-corrected chi connectivity index (χ0v) is 20.2. The largest absolute Gasteiger partial charge is 0.573 e. The van der Waals surface area contributed by atoms with Crippen LogP contribution in [-0.4, -0.2) is 102 Å². The molecule has 0 N–H and O–H groups in total. The topological polar surface area (TPSA) is 65.0 Å². The summed E-state index contributed by atoms with van der Waals surface area (Å²) in [4.78, 5) is 30.5. The number of aromatic nitrogens is 2. The van der Waals surface area contributed by atoms with Gasteiger partial charge >= 0.3 is 6.36 Å². The fourth-order valence-electron chi connectivity index (χ4n) is 5.00. The second-order valence-electron chi connectivity index (χ2n) is 9.60. The molecule has 8 nitrogen and oxygen atoms in total. The molecule has 3 fully saturated rings. The minimum absolute atomic E-state index is 0.206. The van der Waals surface area contributed by atoms with Gasteiger partial charge in [0.15, 0.2) is 0 Å². The van der Waals surface area contributed by atoms with E-state index >= 15 is 0 Å². The van der Waals surface area contributed by atoms with E-state index in [4.69, 9.17) is 0 Å². The molecule has 0 unspecified atom stereocenters. The van der Waals surface area contributed by atoms with E-state index in [2.05, 4.69) is 29.4 Å². The van der Waals surface area contributed by atoms with E-state index in [1.807, 2.05) is 4.90 Å². The van der Waals surface area contributed by atoms with Crippen molar-refractivity contribution in [3.05, 3.63) is 36.7 Å². The predicted octanol–water partition coefficient (Wildman–Crippen LogP) is 2.86. The second-order valence-corrected chi connectivity index (χ2v) is 9.60. The Balaban J connectivity index is 1.09. The molecule has 36 heavy (non-hydrogen) atoms. The van der Waals surface area contributed by atoms with Crippen molar-refractivity contribution in [1.29, 1.82) is 0 Å². The highest BCUT2D eigenvalue weighted by Gasteiger charge is 2.32. The minimum atomic E-state index is -4.74. The highest BCUT2D eigenvalue weighted by atomic mass is 19.4. The lowest BCUT2D eigenvalue weighted by Gasteiger charge is -2.43. The molecule has 0 radical (unpaired) electrons. The van der Waals surface area contributed by atoms with Gasteiger partial charge in [0.2, 0.25) is 5.91 Å². The smallest absolute Gasteiger partial charge is 0.406 e. The molecule has 1 aromatic heterocycles. The SMILES string of the molecule is O=C(CN1CCN(c2cnc(-c3cccc(OC(F)(F)F)c3)cn2)CC1)N1CCN(C2CCC2)CC1. The average molecular weight is 505 g/mol. The Hall–Kier alpha value is -2.92. The Morgan fingerprint density at radius 3 is 2.33 bits per heavy atom. The van der Waals surface area contributed by atoms with Gasteiger partial charge in [-0.1, -0.05) is 18.6 Å². The molecule has 2 saturated heterocycles. The number of hydrogen-bond donors (Lipinski definition) is 0. The summed E-state index contributed by atoms with van der Waals surface area (Å²) in [6, 6.07) is 6.43. The van der Waals surface area contributed by atoms with Gasteiger partial charge in [-0.15, -0.1) is 13.2 Å². The number of hydrogen-bond acceptors (Lipinski definition) is 7. The van der Waals surface area contributed by atoms with Crippen LogP contribution >= 0.6 is 0 Å². The van der Waals surface area contributed by atoms with Gasteiger partial charge < -0.3 is 14.5 Å². The lowest BCUT2D eigenvalue weighted by Crippen LogP contribution is -2.56. The molecule has 5 rings (SSSR count). The molecular formula is C25H31F3N6O2. The average Bonchev–Trinajstić information content (AvgIpc) is 2.83. The summed E-state index contributed by atoms with van der Waals surface area (Å²) in [6.07, 6.45) is 2.38. The van der Waals surface area contributed by atoms with Crippen molar-refractivity contribution >= 4 is 11.7 Å². The predicted molar refractivity (Wildman–Crippen MR) is 129 cm³/mol. The molecule has 1 saturated carbocycles. The van der Waals surface area contributed by atoms with Crippen molar-refractivity contribution in [2.75, 3.05) is 63.8 Å². The monoisotopic (exact) mass is 504 g/mol. The van der Waals surface area contributed by atoms with E-state index in [1.165, 1.54) is 37.5 Å². The lowest BCUT2D eigenvalue weighted by atomic mass is 9.91. The van der Waals surface area contributed by atoms with Crippen LogP contribution in [0.2, 0.25) is 0 Å². The number of benzene rings is 1. The van der Waals surface area contributed by atoms with Crippen LogP contribution < -0.4 is 9.64 Å². The van der Waals surface area contributed by atoms with E-state index in [0.29, 0.717) is 23.6 Å². The highest BCUT2D eigenvalue weighted by molar-refractivity contribution is 5.78. The Kier molecular flexibility index (Phi) is 7.29. The van der Waals surface area contributed by atoms with Crippen molar-refractivity contribution in [2.24, 2.45) is 0 Å². The summed E-state index contributed by atoms with van der Waals surface area (Å²) in [5.74, 6) is 0.619. The molecular weight excluding hydrogens is 473 g/mol. The van der Waals surface area contributed by atoms with Gasteiger partial charge in [0.05, 0.1) is 24.6 Å². The molecule has 194 valence electrons. The van der Waals surface area contributed by atoms with E-state index < -0.39 is 6.36 Å². The van der Waals surface area contributed by atoms with Gasteiger partial charge in [-0.25, -0.2) is 4.98 Å². The van der Waals surface area contributed by atoms with E-state index in [1.54, 1.807) is 18.5 Å². The van der Waals surface area contributed by atoms with Crippen molar-refractivity contribution in [1.82, 2.24) is 24.7 Å². The number of piperazine rings is 2. The number of alkyl halides is 3. The molecule has 3 aliphatic rings. The lowest BCUT2D eigenvalue weighted by molar-refractivity contribution is -0.274. The van der Waals surface area contributed by atoms with Crippen LogP contribution in [0.3, 0.4) is 0 Å². The number of carbonyl (C=O) groups is 1. The number of ether oxygens (including phenoxy) is 1. The van der Waals surface area contributed by atoms with Crippen LogP contribution in [0.25, 0.3) is 11.3 Å². The first-order valence-electron chi connectivity index (χ1n) is 12.5. The molecule has 2 aromatic rings. The molecule has 0 bridgehead atoms. The zero-order valence-electron chi connectivity index (χ0n) is 20.2. The Morgan fingerprint density at radius 2 is 1.72 bits per heavy atom. The maximum atomic E-state index is 12.8. The van der Waals surface area contributed by atoms with Crippen LogP contribution in [0, 0.1) is 0 Å². The summed E-state index contributed by atoms with van der Waals surface area (Å²) in [6.45, 7) is 7.03. The van der Waals surface area contributed by atoms with Crippen molar-refractivity contribution in [3.8, 4) is 17.0 Å². The third-order valence-corrected chi connectivity index (χ3v) is 7.31. The van der Waals surface area contributed by atoms with E-state index in [-0.39, 0.29) is 11.7 Å². The molecule has 3 heterocycles. The Morgan fingerprint density at radius 1 is 0.972 bits per heavy atom. The zero-order chi connectivity index (χ0) is 25.1. The molecule has 1 aliphatic carbocycles. The third kappa shape index (κ3) is 6.07. The molecule has 0 atom stereocenters. The Labute approximate surface area is 208 Å². The second kappa shape index (κ2) is 10.6. The Bertz CT molecular complexity index is 1030. The van der Waals surface area contributed by atoms with Crippen LogP contribution in [0.1, 0.15) is 19.3 Å². The van der Waals surface area contributed by atoms with Crippen LogP contribution in [0.15, 0.2) is 36.7 Å². The normalized spacial score (nSPS) is 20.3. The van der Waals surface area contributed by atoms with Gasteiger partial charge in [0.1, 0.15) is 11.6 Å². The first-order chi connectivity index (χ1) is 17.3. The first kappa shape index (κ1) is 24.8. The molecule has 0 spiro atoms. The maximum absolute atomic E-state index is 12.8. The molecule has 11 heteroatoms. The summed E-state index contributed by atoms with van der Waals surface area (Å²) in [5, 5.41) is 0. The standard InChI is InChI=1S/C25H31F3N6O2/c26-25(27,28)36-21-6-1-3-19(15-21)22-16-30-23(17-29-22)33-9-7-31(8-10-33)18-24(35)34-13-11-32(12-14-34)20-4-2-5-20/h1,3,6,15-17,20H,2,4-5,7-14,18H2. The quantitative estimate of drug-likeness (QED) is 0.600. The summed E-state index contributed by atoms with van der Waals surface area (Å²) < 4.78 is 41.5. The van der Waals surface area contributed by atoms with E-state index in [0.717, 1.165) is 58.4 Å². The van der Waals surface area contributed by atoms with Crippen LogP contribution in [-0.2, 0) is 4.79 Å². The number of nitrogens with zero attached hydrogens (tertiary/aromatic N) is 6. The summed E-state index contributed by atoms with van der Waals surface area (Å²) >= 11 is 0.